The van der Waals surface area contributed by atoms with E-state index in [-0.39, 0.29) is 12.5 Å². The van der Waals surface area contributed by atoms with Gasteiger partial charge in [0.05, 0.1) is 6.10 Å². The van der Waals surface area contributed by atoms with Gasteiger partial charge in [-0.25, -0.2) is 0 Å². The monoisotopic (exact) mass is 328 g/mol. The lowest BCUT2D eigenvalue weighted by molar-refractivity contribution is -0.136. The Hall–Kier alpha value is -2.49. The third kappa shape index (κ3) is 5.61. The van der Waals surface area contributed by atoms with Gasteiger partial charge in [-0.05, 0) is 62.1 Å². The van der Waals surface area contributed by atoms with Gasteiger partial charge in [0.1, 0.15) is 18.1 Å². The third-order valence-electron chi connectivity index (χ3n) is 3.53. The van der Waals surface area contributed by atoms with Crippen LogP contribution in [0.3, 0.4) is 0 Å². The molecule has 24 heavy (non-hydrogen) atoms. The van der Waals surface area contributed by atoms with Crippen molar-refractivity contribution in [3.05, 3.63) is 59.2 Å². The van der Waals surface area contributed by atoms with Crippen molar-refractivity contribution in [1.82, 2.24) is 0 Å². The average Bonchev–Trinajstić information content (AvgIpc) is 2.51. The highest BCUT2D eigenvalue weighted by molar-refractivity contribution is 5.67. The van der Waals surface area contributed by atoms with E-state index in [0.29, 0.717) is 13.0 Å². The SMILES string of the molecule is Cc1cc(CCC(=O)O)ccc1OCc1cccc(OC(C)C)c1. The number of aryl methyl sites for hydroxylation is 2. The number of carbonyl (C=O) groups is 1. The van der Waals surface area contributed by atoms with Gasteiger partial charge in [-0.3, -0.25) is 4.79 Å². The number of hydrogen-bond donors (Lipinski definition) is 1. The van der Waals surface area contributed by atoms with Crippen molar-refractivity contribution >= 4 is 5.97 Å². The smallest absolute Gasteiger partial charge is 0.303 e. The van der Waals surface area contributed by atoms with Crippen LogP contribution in [0.5, 0.6) is 11.5 Å². The predicted molar refractivity (Wildman–Crippen MR) is 93.7 cm³/mol. The topological polar surface area (TPSA) is 55.8 Å². The van der Waals surface area contributed by atoms with E-state index in [9.17, 15) is 4.79 Å². The van der Waals surface area contributed by atoms with Crippen LogP contribution in [0.2, 0.25) is 0 Å². The summed E-state index contributed by atoms with van der Waals surface area (Å²) in [6, 6.07) is 13.7. The summed E-state index contributed by atoms with van der Waals surface area (Å²) in [5.41, 5.74) is 3.06. The molecule has 0 bridgehead atoms. The molecule has 2 aromatic carbocycles. The van der Waals surface area contributed by atoms with Gasteiger partial charge >= 0.3 is 5.97 Å². The fourth-order valence-corrected chi connectivity index (χ4v) is 2.42. The molecule has 4 heteroatoms. The van der Waals surface area contributed by atoms with E-state index in [4.69, 9.17) is 14.6 Å². The molecule has 0 aliphatic heterocycles. The maximum Gasteiger partial charge on any atom is 0.303 e. The van der Waals surface area contributed by atoms with E-state index in [0.717, 1.165) is 28.2 Å². The largest absolute Gasteiger partial charge is 0.491 e. The van der Waals surface area contributed by atoms with Gasteiger partial charge in [-0.1, -0.05) is 24.3 Å². The number of hydrogen-bond acceptors (Lipinski definition) is 3. The summed E-state index contributed by atoms with van der Waals surface area (Å²) >= 11 is 0. The molecule has 0 aliphatic rings. The lowest BCUT2D eigenvalue weighted by Crippen LogP contribution is -2.06. The minimum Gasteiger partial charge on any atom is -0.491 e. The van der Waals surface area contributed by atoms with Crippen LogP contribution in [0, 0.1) is 6.92 Å². The molecule has 0 saturated carbocycles. The Morgan fingerprint density at radius 2 is 1.92 bits per heavy atom. The Morgan fingerprint density at radius 1 is 1.12 bits per heavy atom. The van der Waals surface area contributed by atoms with Gasteiger partial charge < -0.3 is 14.6 Å². The molecule has 0 radical (unpaired) electrons. The second-order valence-corrected chi connectivity index (χ2v) is 6.10. The molecule has 0 unspecified atom stereocenters. The van der Waals surface area contributed by atoms with Crippen LogP contribution in [-0.2, 0) is 17.8 Å². The summed E-state index contributed by atoms with van der Waals surface area (Å²) in [7, 11) is 0. The van der Waals surface area contributed by atoms with Crippen molar-refractivity contribution in [2.45, 2.75) is 46.3 Å². The second kappa shape index (κ2) is 8.39. The lowest BCUT2D eigenvalue weighted by atomic mass is 10.1. The van der Waals surface area contributed by atoms with Gasteiger partial charge in [0, 0.05) is 6.42 Å². The first-order valence-electron chi connectivity index (χ1n) is 8.14. The molecule has 0 aromatic heterocycles. The molecular formula is C20H24O4. The van der Waals surface area contributed by atoms with Crippen molar-refractivity contribution < 1.29 is 19.4 Å². The maximum atomic E-state index is 10.6. The highest BCUT2D eigenvalue weighted by atomic mass is 16.5. The predicted octanol–water partition coefficient (Wildman–Crippen LogP) is 4.38. The molecular weight excluding hydrogens is 304 g/mol. The molecule has 0 aliphatic carbocycles. The standard InChI is InChI=1S/C20H24O4/c1-14(2)24-18-6-4-5-17(12-18)13-23-19-9-7-16(11-15(19)3)8-10-20(21)22/h4-7,9,11-12,14H,8,10,13H2,1-3H3,(H,21,22). The van der Waals surface area contributed by atoms with Gasteiger partial charge in [0.25, 0.3) is 0 Å². The molecule has 1 N–H and O–H groups in total. The highest BCUT2D eigenvalue weighted by Gasteiger charge is 2.05. The van der Waals surface area contributed by atoms with Crippen LogP contribution in [0.25, 0.3) is 0 Å². The zero-order valence-corrected chi connectivity index (χ0v) is 14.4. The first-order chi connectivity index (χ1) is 11.4. The summed E-state index contributed by atoms with van der Waals surface area (Å²) in [4.78, 5) is 10.6. The van der Waals surface area contributed by atoms with Crippen molar-refractivity contribution in [2.75, 3.05) is 0 Å². The number of carboxylic acids is 1. The molecule has 0 amide bonds. The van der Waals surface area contributed by atoms with Gasteiger partial charge in [0.15, 0.2) is 0 Å². The van der Waals surface area contributed by atoms with E-state index in [1.807, 2.05) is 63.2 Å². The molecule has 128 valence electrons. The van der Waals surface area contributed by atoms with Crippen LogP contribution in [0.1, 0.15) is 37.0 Å². The number of ether oxygens (including phenoxy) is 2. The number of aliphatic carboxylic acids is 1. The molecule has 0 saturated heterocycles. The van der Waals surface area contributed by atoms with E-state index in [1.54, 1.807) is 0 Å². The Balaban J connectivity index is 1.97. The van der Waals surface area contributed by atoms with Gasteiger partial charge in [-0.2, -0.15) is 0 Å². The molecule has 2 rings (SSSR count). The molecule has 4 nitrogen and oxygen atoms in total. The minimum absolute atomic E-state index is 0.141. The van der Waals surface area contributed by atoms with Crippen LogP contribution in [-0.4, -0.2) is 17.2 Å². The number of carboxylic acid groups (broad SMARTS) is 1. The Morgan fingerprint density at radius 3 is 2.58 bits per heavy atom. The molecule has 0 spiro atoms. The minimum atomic E-state index is -0.781. The Labute approximate surface area is 143 Å². The zero-order chi connectivity index (χ0) is 17.5. The molecule has 0 heterocycles. The molecule has 2 aromatic rings. The van der Waals surface area contributed by atoms with Gasteiger partial charge in [-0.15, -0.1) is 0 Å². The lowest BCUT2D eigenvalue weighted by Gasteiger charge is -2.13. The fourth-order valence-electron chi connectivity index (χ4n) is 2.42. The molecule has 0 atom stereocenters. The highest BCUT2D eigenvalue weighted by Crippen LogP contribution is 2.22. The molecule has 0 fully saturated rings. The van der Waals surface area contributed by atoms with Crippen molar-refractivity contribution in [2.24, 2.45) is 0 Å². The van der Waals surface area contributed by atoms with Crippen LogP contribution >= 0.6 is 0 Å². The summed E-state index contributed by atoms with van der Waals surface area (Å²) < 4.78 is 11.6. The van der Waals surface area contributed by atoms with E-state index < -0.39 is 5.97 Å². The summed E-state index contributed by atoms with van der Waals surface area (Å²) in [5, 5.41) is 8.75. The van der Waals surface area contributed by atoms with Crippen molar-refractivity contribution in [3.63, 3.8) is 0 Å². The average molecular weight is 328 g/mol. The summed E-state index contributed by atoms with van der Waals surface area (Å²) in [6.45, 7) is 6.43. The first-order valence-corrected chi connectivity index (χ1v) is 8.14. The van der Waals surface area contributed by atoms with Crippen molar-refractivity contribution in [3.8, 4) is 11.5 Å². The Bertz CT molecular complexity index is 692. The fraction of sp³-hybridized carbons (Fsp3) is 0.350. The first kappa shape index (κ1) is 17.9. The quantitative estimate of drug-likeness (QED) is 0.781. The van der Waals surface area contributed by atoms with E-state index >= 15 is 0 Å². The van der Waals surface area contributed by atoms with Crippen LogP contribution in [0.4, 0.5) is 0 Å². The van der Waals surface area contributed by atoms with E-state index in [1.165, 1.54) is 0 Å². The van der Waals surface area contributed by atoms with Crippen LogP contribution in [0.15, 0.2) is 42.5 Å². The zero-order valence-electron chi connectivity index (χ0n) is 14.4. The van der Waals surface area contributed by atoms with Gasteiger partial charge in [0.2, 0.25) is 0 Å². The maximum absolute atomic E-state index is 10.6. The van der Waals surface area contributed by atoms with E-state index in [2.05, 4.69) is 0 Å². The Kier molecular flexibility index (Phi) is 6.24. The summed E-state index contributed by atoms with van der Waals surface area (Å²) in [6.07, 6.45) is 0.814. The number of rotatable bonds is 8. The second-order valence-electron chi connectivity index (χ2n) is 6.10. The van der Waals surface area contributed by atoms with Crippen molar-refractivity contribution in [1.29, 1.82) is 0 Å². The third-order valence-corrected chi connectivity index (χ3v) is 3.53. The summed E-state index contributed by atoms with van der Waals surface area (Å²) in [5.74, 6) is 0.868. The van der Waals surface area contributed by atoms with Crippen LogP contribution < -0.4 is 9.47 Å². The normalized spacial score (nSPS) is 10.7. The number of benzene rings is 2.